The molecule has 0 aliphatic rings. The van der Waals surface area contributed by atoms with Crippen LogP contribution in [-0.2, 0) is 11.3 Å². The number of nitrogens with zero attached hydrogens (tertiary/aromatic N) is 4. The van der Waals surface area contributed by atoms with Crippen LogP contribution >= 0.6 is 11.8 Å². The highest BCUT2D eigenvalue weighted by atomic mass is 32.2. The predicted octanol–water partition coefficient (Wildman–Crippen LogP) is 4.78. The van der Waals surface area contributed by atoms with E-state index >= 15 is 0 Å². The first-order valence-electron chi connectivity index (χ1n) is 10.8. The van der Waals surface area contributed by atoms with Crippen LogP contribution in [0.2, 0.25) is 0 Å². The lowest BCUT2D eigenvalue weighted by atomic mass is 10.2. The lowest BCUT2D eigenvalue weighted by Gasteiger charge is -2.15. The van der Waals surface area contributed by atoms with Crippen molar-refractivity contribution >= 4 is 29.0 Å². The van der Waals surface area contributed by atoms with E-state index in [2.05, 4.69) is 15.5 Å². The quantitative estimate of drug-likeness (QED) is 0.347. The molecule has 9 heteroatoms. The van der Waals surface area contributed by atoms with Crippen molar-refractivity contribution in [2.45, 2.75) is 23.9 Å². The molecule has 0 aliphatic heterocycles. The predicted molar refractivity (Wildman–Crippen MR) is 135 cm³/mol. The number of nitrogens with one attached hydrogen (secondary N) is 1. The van der Waals surface area contributed by atoms with Gasteiger partial charge in [-0.15, -0.1) is 10.2 Å². The first-order valence-corrected chi connectivity index (χ1v) is 11.7. The highest BCUT2D eigenvalue weighted by Crippen LogP contribution is 2.30. The van der Waals surface area contributed by atoms with Gasteiger partial charge in [0.25, 0.3) is 0 Å². The van der Waals surface area contributed by atoms with Gasteiger partial charge in [0.05, 0.1) is 25.2 Å². The van der Waals surface area contributed by atoms with E-state index in [-0.39, 0.29) is 5.91 Å². The first-order chi connectivity index (χ1) is 16.4. The summed E-state index contributed by atoms with van der Waals surface area (Å²) in [5.74, 6) is 2.05. The van der Waals surface area contributed by atoms with Gasteiger partial charge in [0.15, 0.2) is 11.0 Å². The fraction of sp³-hybridized carbons (Fsp3) is 0.240. The van der Waals surface area contributed by atoms with Gasteiger partial charge < -0.3 is 19.4 Å². The van der Waals surface area contributed by atoms with E-state index in [9.17, 15) is 4.79 Å². The van der Waals surface area contributed by atoms with Crippen LogP contribution in [0.5, 0.6) is 5.75 Å². The second-order valence-electron chi connectivity index (χ2n) is 7.89. The molecule has 0 unspecified atom stereocenters. The van der Waals surface area contributed by atoms with Gasteiger partial charge in [0, 0.05) is 31.0 Å². The van der Waals surface area contributed by atoms with E-state index in [1.54, 1.807) is 13.4 Å². The second-order valence-corrected chi connectivity index (χ2v) is 9.20. The van der Waals surface area contributed by atoms with Crippen molar-refractivity contribution in [1.82, 2.24) is 14.8 Å². The van der Waals surface area contributed by atoms with Crippen LogP contribution in [-0.4, -0.2) is 47.1 Å². The smallest absolute Gasteiger partial charge is 0.237 e. The van der Waals surface area contributed by atoms with Gasteiger partial charge in [-0.3, -0.25) is 9.36 Å². The van der Waals surface area contributed by atoms with Crippen molar-refractivity contribution in [3.05, 3.63) is 72.7 Å². The summed E-state index contributed by atoms with van der Waals surface area (Å²) in [4.78, 5) is 14.9. The molecular weight excluding hydrogens is 450 g/mol. The monoisotopic (exact) mass is 477 g/mol. The fourth-order valence-corrected chi connectivity index (χ4v) is 4.20. The summed E-state index contributed by atoms with van der Waals surface area (Å²) >= 11 is 1.35. The summed E-state index contributed by atoms with van der Waals surface area (Å²) in [5, 5.41) is 12.0. The highest BCUT2D eigenvalue weighted by molar-refractivity contribution is 8.00. The molecule has 4 rings (SSSR count). The molecule has 0 fully saturated rings. The molecule has 0 aliphatic carbocycles. The largest absolute Gasteiger partial charge is 0.497 e. The van der Waals surface area contributed by atoms with Crippen LogP contribution in [0.1, 0.15) is 12.7 Å². The Balaban J connectivity index is 1.55. The average molecular weight is 478 g/mol. The molecule has 8 nitrogen and oxygen atoms in total. The van der Waals surface area contributed by atoms with Crippen LogP contribution in [0.3, 0.4) is 0 Å². The van der Waals surface area contributed by atoms with Gasteiger partial charge in [0.2, 0.25) is 5.91 Å². The van der Waals surface area contributed by atoms with Crippen LogP contribution in [0.25, 0.3) is 11.4 Å². The molecule has 0 saturated carbocycles. The zero-order valence-corrected chi connectivity index (χ0v) is 20.4. The number of hydrogen-bond donors (Lipinski definition) is 1. The summed E-state index contributed by atoms with van der Waals surface area (Å²) < 4.78 is 12.9. The number of amides is 1. The number of hydrogen-bond acceptors (Lipinski definition) is 7. The maximum Gasteiger partial charge on any atom is 0.237 e. The van der Waals surface area contributed by atoms with E-state index in [0.717, 1.165) is 28.4 Å². The topological polar surface area (TPSA) is 85.4 Å². The summed E-state index contributed by atoms with van der Waals surface area (Å²) in [7, 11) is 5.58. The van der Waals surface area contributed by atoms with Gasteiger partial charge in [-0.1, -0.05) is 23.9 Å². The number of rotatable bonds is 9. The number of carbonyl (C=O) groups is 1. The Morgan fingerprint density at radius 2 is 1.94 bits per heavy atom. The normalized spacial score (nSPS) is 11.8. The molecular formula is C25H27N5O3S. The summed E-state index contributed by atoms with van der Waals surface area (Å²) in [6.07, 6.45) is 1.63. The Kier molecular flexibility index (Phi) is 7.22. The molecule has 2 aromatic heterocycles. The van der Waals surface area contributed by atoms with Crippen molar-refractivity contribution < 1.29 is 13.9 Å². The van der Waals surface area contributed by atoms with Crippen LogP contribution in [0, 0.1) is 0 Å². The zero-order chi connectivity index (χ0) is 24.1. The van der Waals surface area contributed by atoms with Gasteiger partial charge in [0.1, 0.15) is 11.5 Å². The lowest BCUT2D eigenvalue weighted by molar-refractivity contribution is -0.115. The summed E-state index contributed by atoms with van der Waals surface area (Å²) in [6, 6.07) is 19.1. The van der Waals surface area contributed by atoms with Crippen LogP contribution in [0.4, 0.5) is 11.4 Å². The number of carbonyl (C=O) groups excluding carboxylic acids is 1. The van der Waals surface area contributed by atoms with Crippen molar-refractivity contribution in [1.29, 1.82) is 0 Å². The first kappa shape index (κ1) is 23.4. The van der Waals surface area contributed by atoms with Crippen molar-refractivity contribution in [3.63, 3.8) is 0 Å². The van der Waals surface area contributed by atoms with E-state index < -0.39 is 5.25 Å². The van der Waals surface area contributed by atoms with E-state index in [0.29, 0.717) is 17.5 Å². The average Bonchev–Trinajstić information content (AvgIpc) is 3.50. The Morgan fingerprint density at radius 1 is 1.15 bits per heavy atom. The minimum Gasteiger partial charge on any atom is -0.497 e. The Labute approximate surface area is 202 Å². The van der Waals surface area contributed by atoms with Crippen molar-refractivity contribution in [2.24, 2.45) is 0 Å². The van der Waals surface area contributed by atoms with Gasteiger partial charge in [-0.05, 0) is 55.5 Å². The lowest BCUT2D eigenvalue weighted by Crippen LogP contribution is -2.23. The fourth-order valence-electron chi connectivity index (χ4n) is 3.35. The number of benzene rings is 2. The minimum absolute atomic E-state index is 0.113. The molecule has 1 atom stereocenters. The maximum atomic E-state index is 12.9. The third-order valence-corrected chi connectivity index (χ3v) is 6.32. The molecule has 0 saturated heterocycles. The highest BCUT2D eigenvalue weighted by Gasteiger charge is 2.22. The molecule has 1 N–H and O–H groups in total. The Hall–Kier alpha value is -3.72. The molecule has 2 aromatic carbocycles. The minimum atomic E-state index is -0.397. The molecule has 34 heavy (non-hydrogen) atoms. The van der Waals surface area contributed by atoms with Crippen molar-refractivity contribution in [2.75, 3.05) is 31.4 Å². The third-order valence-electron chi connectivity index (χ3n) is 5.24. The number of anilines is 2. The van der Waals surface area contributed by atoms with Gasteiger partial charge in [-0.2, -0.15) is 0 Å². The van der Waals surface area contributed by atoms with Crippen molar-refractivity contribution in [3.8, 4) is 17.1 Å². The maximum absolute atomic E-state index is 12.9. The molecule has 0 radical (unpaired) electrons. The number of ether oxygens (including phenoxy) is 1. The van der Waals surface area contributed by atoms with Gasteiger partial charge in [-0.25, -0.2) is 0 Å². The summed E-state index contributed by atoms with van der Waals surface area (Å²) in [5.41, 5.74) is 2.68. The number of thioether (sulfide) groups is 1. The number of aromatic nitrogens is 3. The second kappa shape index (κ2) is 10.5. The Bertz CT molecular complexity index is 1240. The number of furan rings is 1. The summed E-state index contributed by atoms with van der Waals surface area (Å²) in [6.45, 7) is 2.29. The molecule has 1 amide bonds. The standard InChI is InChI=1S/C25H27N5O3S/c1-17(24(31)26-19-10-12-20(13-11-19)29(2)3)34-25-28-27-23(18-7-5-8-21(15-18)32-4)30(25)16-22-9-6-14-33-22/h5-15,17H,16H2,1-4H3,(H,26,31)/t17-/m0/s1. The molecule has 0 bridgehead atoms. The SMILES string of the molecule is COc1cccc(-c2nnc(S[C@@H](C)C(=O)Nc3ccc(N(C)C)cc3)n2Cc2ccco2)c1. The van der Waals surface area contributed by atoms with E-state index in [1.807, 2.05) is 91.1 Å². The van der Waals surface area contributed by atoms with Crippen LogP contribution in [0.15, 0.2) is 76.5 Å². The molecule has 176 valence electrons. The molecule has 4 aromatic rings. The van der Waals surface area contributed by atoms with E-state index in [1.165, 1.54) is 11.8 Å². The molecule has 2 heterocycles. The van der Waals surface area contributed by atoms with Crippen LogP contribution < -0.4 is 15.0 Å². The Morgan fingerprint density at radius 3 is 2.62 bits per heavy atom. The zero-order valence-electron chi connectivity index (χ0n) is 19.6. The van der Waals surface area contributed by atoms with Gasteiger partial charge >= 0.3 is 0 Å². The molecule has 0 spiro atoms. The van der Waals surface area contributed by atoms with E-state index in [4.69, 9.17) is 9.15 Å². The number of methoxy groups -OCH3 is 1. The third kappa shape index (κ3) is 5.43.